The lowest BCUT2D eigenvalue weighted by atomic mass is 10.1. The minimum atomic E-state index is -4.36. The van der Waals surface area contributed by atoms with E-state index in [1.54, 1.807) is 19.2 Å². The van der Waals surface area contributed by atoms with Gasteiger partial charge in [0.05, 0.1) is 18.4 Å². The van der Waals surface area contributed by atoms with Crippen molar-refractivity contribution in [3.63, 3.8) is 0 Å². The fraction of sp³-hybridized carbons (Fsp3) is 0.286. The summed E-state index contributed by atoms with van der Waals surface area (Å²) in [6, 6.07) is 10.8. The fourth-order valence-electron chi connectivity index (χ4n) is 3.53. The zero-order valence-corrected chi connectivity index (χ0v) is 16.5. The zero-order valence-electron chi connectivity index (χ0n) is 15.7. The van der Waals surface area contributed by atoms with E-state index in [4.69, 9.17) is 4.74 Å². The van der Waals surface area contributed by atoms with Crippen molar-refractivity contribution in [1.82, 2.24) is 0 Å². The van der Waals surface area contributed by atoms with E-state index in [9.17, 15) is 18.0 Å². The molecule has 0 unspecified atom stereocenters. The molecule has 1 aliphatic rings. The average molecular weight is 420 g/mol. The number of hydrogen-bond donors (Lipinski definition) is 0. The molecule has 0 radical (unpaired) electrons. The molecule has 1 aliphatic heterocycles. The number of benzene rings is 2. The Morgan fingerprint density at radius 1 is 1.00 bits per heavy atom. The first-order valence-corrected chi connectivity index (χ1v) is 10.0. The van der Waals surface area contributed by atoms with Crippen LogP contribution in [0.25, 0.3) is 10.1 Å². The van der Waals surface area contributed by atoms with Crippen LogP contribution in [0.5, 0.6) is 5.75 Å². The lowest BCUT2D eigenvalue weighted by Crippen LogP contribution is -2.47. The molecule has 4 nitrogen and oxygen atoms in total. The zero-order chi connectivity index (χ0) is 20.6. The molecule has 8 heteroatoms. The maximum absolute atomic E-state index is 13.0. The molecule has 1 aromatic heterocycles. The molecule has 0 bridgehead atoms. The number of anilines is 2. The molecule has 1 saturated heterocycles. The van der Waals surface area contributed by atoms with Crippen LogP contribution in [0, 0.1) is 0 Å². The summed E-state index contributed by atoms with van der Waals surface area (Å²) in [6.07, 6.45) is -4.36. The van der Waals surface area contributed by atoms with Crippen molar-refractivity contribution >= 4 is 32.8 Å². The quantitative estimate of drug-likeness (QED) is 0.619. The third-order valence-electron chi connectivity index (χ3n) is 5.12. The third-order valence-corrected chi connectivity index (χ3v) is 6.07. The van der Waals surface area contributed by atoms with E-state index in [-0.39, 0.29) is 5.43 Å². The van der Waals surface area contributed by atoms with Crippen molar-refractivity contribution in [3.8, 4) is 5.75 Å². The van der Waals surface area contributed by atoms with E-state index < -0.39 is 11.7 Å². The number of halogens is 3. The first-order valence-electron chi connectivity index (χ1n) is 9.13. The minimum Gasteiger partial charge on any atom is -0.497 e. The Morgan fingerprint density at radius 2 is 1.72 bits per heavy atom. The summed E-state index contributed by atoms with van der Waals surface area (Å²) < 4.78 is 45.0. The van der Waals surface area contributed by atoms with Gasteiger partial charge in [-0.1, -0.05) is 6.07 Å². The summed E-state index contributed by atoms with van der Waals surface area (Å²) in [6.45, 7) is 2.21. The molecule has 29 heavy (non-hydrogen) atoms. The Balaban J connectivity index is 1.54. The molecule has 0 N–H and O–H groups in total. The molecule has 2 heterocycles. The Hall–Kier alpha value is -2.74. The molecule has 2 aromatic carbocycles. The van der Waals surface area contributed by atoms with E-state index in [2.05, 4.69) is 0 Å². The van der Waals surface area contributed by atoms with Crippen molar-refractivity contribution in [3.05, 3.63) is 63.6 Å². The topological polar surface area (TPSA) is 32.8 Å². The Labute approximate surface area is 169 Å². The Bertz CT molecular complexity index is 1090. The second kappa shape index (κ2) is 7.59. The van der Waals surface area contributed by atoms with Gasteiger partial charge >= 0.3 is 6.18 Å². The van der Waals surface area contributed by atoms with Gasteiger partial charge in [-0.25, -0.2) is 0 Å². The SMILES string of the molecule is COc1ccc2scc(N3CCN(c4cccc(C(F)(F)F)c4)CC3)c(=O)c2c1. The minimum absolute atomic E-state index is 0.0508. The number of ether oxygens (including phenoxy) is 1. The van der Waals surface area contributed by atoms with Crippen LogP contribution in [0.2, 0.25) is 0 Å². The summed E-state index contributed by atoms with van der Waals surface area (Å²) in [5.74, 6) is 0.633. The lowest BCUT2D eigenvalue weighted by molar-refractivity contribution is -0.137. The molecular weight excluding hydrogens is 401 g/mol. The molecule has 0 aliphatic carbocycles. The highest BCUT2D eigenvalue weighted by Gasteiger charge is 2.31. The predicted octanol–water partition coefficient (Wildman–Crippen LogP) is 4.62. The monoisotopic (exact) mass is 420 g/mol. The number of hydrogen-bond acceptors (Lipinski definition) is 5. The van der Waals surface area contributed by atoms with Gasteiger partial charge in [-0.2, -0.15) is 13.2 Å². The van der Waals surface area contributed by atoms with Gasteiger partial charge in [-0.05, 0) is 36.4 Å². The molecule has 0 amide bonds. The van der Waals surface area contributed by atoms with Gasteiger partial charge in [-0.3, -0.25) is 4.79 Å². The van der Waals surface area contributed by atoms with Crippen LogP contribution in [0.3, 0.4) is 0 Å². The van der Waals surface area contributed by atoms with Gasteiger partial charge in [0.2, 0.25) is 5.43 Å². The summed E-state index contributed by atoms with van der Waals surface area (Å²) in [4.78, 5) is 16.9. The number of fused-ring (bicyclic) bond motifs is 1. The standard InChI is InChI=1S/C21H19F3N2O2S/c1-28-16-5-6-19-17(12-16)20(27)18(13-29-19)26-9-7-25(8-10-26)15-4-2-3-14(11-15)21(22,23)24/h2-6,11-13H,7-10H2,1H3. The number of alkyl halides is 3. The van der Waals surface area contributed by atoms with Crippen LogP contribution in [0.1, 0.15) is 5.56 Å². The second-order valence-electron chi connectivity index (χ2n) is 6.83. The normalized spacial score (nSPS) is 15.0. The van der Waals surface area contributed by atoms with Crippen molar-refractivity contribution in [2.75, 3.05) is 43.1 Å². The van der Waals surface area contributed by atoms with Crippen molar-refractivity contribution in [1.29, 1.82) is 0 Å². The maximum Gasteiger partial charge on any atom is 0.416 e. The number of nitrogens with zero attached hydrogens (tertiary/aromatic N) is 2. The van der Waals surface area contributed by atoms with E-state index in [0.29, 0.717) is 48.7 Å². The summed E-state index contributed by atoms with van der Waals surface area (Å²) in [5, 5.41) is 2.48. The van der Waals surface area contributed by atoms with Crippen molar-refractivity contribution in [2.24, 2.45) is 0 Å². The first-order chi connectivity index (χ1) is 13.9. The molecule has 0 saturated carbocycles. The van der Waals surface area contributed by atoms with E-state index in [1.165, 1.54) is 23.5 Å². The van der Waals surface area contributed by atoms with E-state index in [1.807, 2.05) is 27.3 Å². The van der Waals surface area contributed by atoms with E-state index in [0.717, 1.165) is 10.8 Å². The van der Waals surface area contributed by atoms with Crippen LogP contribution < -0.4 is 20.0 Å². The molecule has 3 aromatic rings. The van der Waals surface area contributed by atoms with Crippen molar-refractivity contribution < 1.29 is 17.9 Å². The summed E-state index contributed by atoms with van der Waals surface area (Å²) in [7, 11) is 1.56. The van der Waals surface area contributed by atoms with E-state index >= 15 is 0 Å². The molecule has 1 fully saturated rings. The van der Waals surface area contributed by atoms with Crippen LogP contribution in [-0.2, 0) is 6.18 Å². The number of methoxy groups -OCH3 is 1. The predicted molar refractivity (Wildman–Crippen MR) is 111 cm³/mol. The smallest absolute Gasteiger partial charge is 0.416 e. The number of piperazine rings is 1. The largest absolute Gasteiger partial charge is 0.497 e. The van der Waals surface area contributed by atoms with Crippen LogP contribution in [0.4, 0.5) is 24.5 Å². The van der Waals surface area contributed by atoms with Crippen molar-refractivity contribution in [2.45, 2.75) is 6.18 Å². The molecule has 152 valence electrons. The first kappa shape index (κ1) is 19.6. The second-order valence-corrected chi connectivity index (χ2v) is 7.75. The van der Waals surface area contributed by atoms with Crippen LogP contribution in [0.15, 0.2) is 52.6 Å². The average Bonchev–Trinajstić information content (AvgIpc) is 2.73. The third kappa shape index (κ3) is 3.89. The number of rotatable bonds is 3. The van der Waals surface area contributed by atoms with Gasteiger partial charge in [-0.15, -0.1) is 11.3 Å². The Kier molecular flexibility index (Phi) is 5.12. The van der Waals surface area contributed by atoms with Gasteiger partial charge in [0, 0.05) is 47.3 Å². The fourth-order valence-corrected chi connectivity index (χ4v) is 4.45. The van der Waals surface area contributed by atoms with Gasteiger partial charge in [0.25, 0.3) is 0 Å². The summed E-state index contributed by atoms with van der Waals surface area (Å²) >= 11 is 1.50. The van der Waals surface area contributed by atoms with Crippen LogP contribution in [-0.4, -0.2) is 33.3 Å². The molecule has 0 spiro atoms. The summed E-state index contributed by atoms with van der Waals surface area (Å²) in [5.41, 5.74) is 0.474. The maximum atomic E-state index is 13.0. The lowest BCUT2D eigenvalue weighted by Gasteiger charge is -2.37. The highest BCUT2D eigenvalue weighted by atomic mass is 32.1. The van der Waals surface area contributed by atoms with Gasteiger partial charge in [0.15, 0.2) is 0 Å². The molecule has 4 rings (SSSR count). The highest BCUT2D eigenvalue weighted by Crippen LogP contribution is 2.32. The van der Waals surface area contributed by atoms with Gasteiger partial charge < -0.3 is 14.5 Å². The van der Waals surface area contributed by atoms with Crippen LogP contribution >= 0.6 is 11.3 Å². The molecular formula is C21H19F3N2O2S. The Morgan fingerprint density at radius 3 is 2.41 bits per heavy atom. The highest BCUT2D eigenvalue weighted by molar-refractivity contribution is 7.16. The van der Waals surface area contributed by atoms with Gasteiger partial charge in [0.1, 0.15) is 5.75 Å². The molecule has 0 atom stereocenters.